The molecule has 4 heteroatoms. The summed E-state index contributed by atoms with van der Waals surface area (Å²) in [4.78, 5) is 14.3. The maximum atomic E-state index is 11.9. The number of carbonyl (C=O) groups is 1. The lowest BCUT2D eigenvalue weighted by molar-refractivity contribution is -0.141. The lowest BCUT2D eigenvalue weighted by Crippen LogP contribution is -2.47. The van der Waals surface area contributed by atoms with E-state index in [1.807, 2.05) is 19.1 Å². The van der Waals surface area contributed by atoms with Crippen LogP contribution in [-0.2, 0) is 22.5 Å². The van der Waals surface area contributed by atoms with Gasteiger partial charge in [0.15, 0.2) is 0 Å². The molecule has 2 aromatic carbocycles. The summed E-state index contributed by atoms with van der Waals surface area (Å²) in [7, 11) is 1.44. The molecule has 2 aromatic rings. The van der Waals surface area contributed by atoms with Gasteiger partial charge in [0, 0.05) is 22.8 Å². The molecule has 26 heavy (non-hydrogen) atoms. The minimum Gasteiger partial charge on any atom is -0.469 e. The molecule has 0 spiro atoms. The van der Waals surface area contributed by atoms with Crippen molar-refractivity contribution in [2.75, 3.05) is 12.0 Å². The summed E-state index contributed by atoms with van der Waals surface area (Å²) in [5.41, 5.74) is 4.87. The van der Waals surface area contributed by atoms with Crippen molar-refractivity contribution >= 4 is 23.3 Å². The minimum absolute atomic E-state index is 0.0715. The molecule has 1 aliphatic heterocycles. The van der Waals surface area contributed by atoms with Crippen molar-refractivity contribution in [3.8, 4) is 0 Å². The van der Waals surface area contributed by atoms with Crippen molar-refractivity contribution in [2.24, 2.45) is 0 Å². The third-order valence-electron chi connectivity index (χ3n) is 5.44. The van der Waals surface area contributed by atoms with Crippen molar-refractivity contribution in [3.05, 3.63) is 64.2 Å². The zero-order chi connectivity index (χ0) is 18.9. The second-order valence-electron chi connectivity index (χ2n) is 7.66. The van der Waals surface area contributed by atoms with E-state index in [0.717, 1.165) is 30.0 Å². The number of methoxy groups -OCH3 is 1. The van der Waals surface area contributed by atoms with Crippen molar-refractivity contribution in [1.82, 2.24) is 0 Å². The summed E-state index contributed by atoms with van der Waals surface area (Å²) in [6, 6.07) is 14.4. The average molecular weight is 372 g/mol. The molecule has 1 unspecified atom stereocenters. The highest BCUT2D eigenvalue weighted by Gasteiger charge is 2.33. The molecule has 138 valence electrons. The fourth-order valence-corrected chi connectivity index (χ4v) is 3.75. The molecule has 0 bridgehead atoms. The van der Waals surface area contributed by atoms with E-state index in [0.29, 0.717) is 0 Å². The summed E-state index contributed by atoms with van der Waals surface area (Å²) in [6.45, 7) is 7.31. The Balaban J connectivity index is 1.93. The predicted molar refractivity (Wildman–Crippen MR) is 107 cm³/mol. The van der Waals surface area contributed by atoms with Crippen LogP contribution in [0.15, 0.2) is 42.5 Å². The first kappa shape index (κ1) is 18.8. The second kappa shape index (κ2) is 7.32. The summed E-state index contributed by atoms with van der Waals surface area (Å²) >= 11 is 6.02. The largest absolute Gasteiger partial charge is 0.469 e. The van der Waals surface area contributed by atoms with Gasteiger partial charge in [-0.1, -0.05) is 35.9 Å². The number of rotatable bonds is 4. The van der Waals surface area contributed by atoms with Crippen molar-refractivity contribution in [3.63, 3.8) is 0 Å². The van der Waals surface area contributed by atoms with Crippen LogP contribution in [0.2, 0.25) is 5.02 Å². The Bertz CT molecular complexity index is 798. The van der Waals surface area contributed by atoms with E-state index >= 15 is 0 Å². The molecule has 0 aliphatic carbocycles. The molecule has 0 radical (unpaired) electrons. The molecule has 1 heterocycles. The molecule has 0 amide bonds. The van der Waals surface area contributed by atoms with Crippen molar-refractivity contribution < 1.29 is 9.53 Å². The average Bonchev–Trinajstić information content (AvgIpc) is 2.64. The highest BCUT2D eigenvalue weighted by Crippen LogP contribution is 2.39. The summed E-state index contributed by atoms with van der Waals surface area (Å²) in [5, 5.41) is 0.758. The van der Waals surface area contributed by atoms with Gasteiger partial charge in [0.05, 0.1) is 13.0 Å². The van der Waals surface area contributed by atoms with Gasteiger partial charge in [-0.15, -0.1) is 0 Å². The number of carbonyl (C=O) groups excluding carboxylic acids is 1. The first-order valence-corrected chi connectivity index (χ1v) is 9.42. The predicted octanol–water partition coefficient (Wildman–Crippen LogP) is 5.35. The number of hydrogen-bond donors (Lipinski definition) is 0. The van der Waals surface area contributed by atoms with E-state index in [2.05, 4.69) is 49.1 Å². The number of fused-ring (bicyclic) bond motifs is 1. The monoisotopic (exact) mass is 371 g/mol. The van der Waals surface area contributed by atoms with Crippen LogP contribution in [0.1, 0.15) is 49.8 Å². The molecule has 3 rings (SSSR count). The van der Waals surface area contributed by atoms with Crippen molar-refractivity contribution in [1.29, 1.82) is 0 Å². The summed E-state index contributed by atoms with van der Waals surface area (Å²) in [5.74, 6) is -0.441. The van der Waals surface area contributed by atoms with Crippen LogP contribution in [0.3, 0.4) is 0 Å². The first-order chi connectivity index (χ1) is 12.3. The van der Waals surface area contributed by atoms with Crippen LogP contribution in [0.25, 0.3) is 0 Å². The third kappa shape index (κ3) is 3.73. The minimum atomic E-state index is -0.245. The summed E-state index contributed by atoms with van der Waals surface area (Å²) < 4.78 is 4.89. The Morgan fingerprint density at radius 2 is 1.92 bits per heavy atom. The number of hydrogen-bond acceptors (Lipinski definition) is 3. The van der Waals surface area contributed by atoms with Crippen LogP contribution in [0.4, 0.5) is 5.69 Å². The van der Waals surface area contributed by atoms with Gasteiger partial charge in [0.1, 0.15) is 0 Å². The third-order valence-corrected chi connectivity index (χ3v) is 5.69. The van der Waals surface area contributed by atoms with Gasteiger partial charge in [0.25, 0.3) is 0 Å². The SMILES string of the molecule is COC(=O)C(C)c1ccc2c(c1)CCC(C)(C)N2Cc1ccc(Cl)cc1. The van der Waals surface area contributed by atoms with Gasteiger partial charge in [-0.25, -0.2) is 0 Å². The highest BCUT2D eigenvalue weighted by atomic mass is 35.5. The molecular formula is C22H26ClNO2. The zero-order valence-electron chi connectivity index (χ0n) is 15.9. The maximum absolute atomic E-state index is 11.9. The van der Waals surface area contributed by atoms with Crippen LogP contribution < -0.4 is 4.90 Å². The Morgan fingerprint density at radius 1 is 1.23 bits per heavy atom. The number of ether oxygens (including phenoxy) is 1. The van der Waals surface area contributed by atoms with E-state index in [1.165, 1.54) is 23.9 Å². The fraction of sp³-hybridized carbons (Fsp3) is 0.409. The zero-order valence-corrected chi connectivity index (χ0v) is 16.6. The fourth-order valence-electron chi connectivity index (χ4n) is 3.62. The van der Waals surface area contributed by atoms with E-state index in [9.17, 15) is 4.79 Å². The maximum Gasteiger partial charge on any atom is 0.312 e. The molecule has 0 saturated carbocycles. The van der Waals surface area contributed by atoms with Gasteiger partial charge in [0.2, 0.25) is 0 Å². The molecule has 1 aliphatic rings. The number of aryl methyl sites for hydroxylation is 1. The highest BCUT2D eigenvalue weighted by molar-refractivity contribution is 6.30. The summed E-state index contributed by atoms with van der Waals surface area (Å²) in [6.07, 6.45) is 2.09. The lowest BCUT2D eigenvalue weighted by Gasteiger charge is -2.45. The molecule has 0 aromatic heterocycles. The Hall–Kier alpha value is -2.00. The van der Waals surface area contributed by atoms with Crippen LogP contribution in [0.5, 0.6) is 0 Å². The van der Waals surface area contributed by atoms with E-state index < -0.39 is 0 Å². The number of nitrogens with zero attached hydrogens (tertiary/aromatic N) is 1. The Labute approximate surface area is 160 Å². The Kier molecular flexibility index (Phi) is 5.29. The quantitative estimate of drug-likeness (QED) is 0.678. The van der Waals surface area contributed by atoms with E-state index in [4.69, 9.17) is 16.3 Å². The van der Waals surface area contributed by atoms with Crippen molar-refractivity contribution in [2.45, 2.75) is 51.6 Å². The van der Waals surface area contributed by atoms with Crippen LogP contribution >= 0.6 is 11.6 Å². The number of benzene rings is 2. The number of esters is 1. The second-order valence-corrected chi connectivity index (χ2v) is 8.09. The topological polar surface area (TPSA) is 29.5 Å². The first-order valence-electron chi connectivity index (χ1n) is 9.04. The number of halogens is 1. The van der Waals surface area contributed by atoms with Gasteiger partial charge >= 0.3 is 5.97 Å². The standard InChI is InChI=1S/C22H26ClNO2/c1-15(21(25)26-4)17-7-10-20-18(13-17)11-12-22(2,3)24(20)14-16-5-8-19(23)9-6-16/h5-10,13,15H,11-12,14H2,1-4H3. The normalized spacial score (nSPS) is 16.7. The van der Waals surface area contributed by atoms with Gasteiger partial charge in [-0.05, 0) is 68.5 Å². The van der Waals surface area contributed by atoms with E-state index in [1.54, 1.807) is 0 Å². The molecule has 1 atom stereocenters. The van der Waals surface area contributed by atoms with Crippen LogP contribution in [-0.4, -0.2) is 18.6 Å². The molecule has 3 nitrogen and oxygen atoms in total. The van der Waals surface area contributed by atoms with E-state index in [-0.39, 0.29) is 17.4 Å². The van der Waals surface area contributed by atoms with Crippen LogP contribution in [0, 0.1) is 0 Å². The molecule has 0 N–H and O–H groups in total. The lowest BCUT2D eigenvalue weighted by atomic mass is 9.84. The van der Waals surface area contributed by atoms with Gasteiger partial charge < -0.3 is 9.64 Å². The Morgan fingerprint density at radius 3 is 2.58 bits per heavy atom. The smallest absolute Gasteiger partial charge is 0.312 e. The molecular weight excluding hydrogens is 346 g/mol. The molecule has 0 saturated heterocycles. The van der Waals surface area contributed by atoms with Gasteiger partial charge in [-0.2, -0.15) is 0 Å². The molecule has 0 fully saturated rings. The van der Waals surface area contributed by atoms with Gasteiger partial charge in [-0.3, -0.25) is 4.79 Å². The number of anilines is 1.